The summed E-state index contributed by atoms with van der Waals surface area (Å²) in [4.78, 5) is 12.0. The molecule has 1 N–H and O–H groups in total. The van der Waals surface area contributed by atoms with Gasteiger partial charge in [0, 0.05) is 23.6 Å². The molecule has 2 rings (SSSR count). The summed E-state index contributed by atoms with van der Waals surface area (Å²) in [5.74, 6) is 0.993. The van der Waals surface area contributed by atoms with Crippen LogP contribution >= 0.6 is 15.9 Å². The van der Waals surface area contributed by atoms with E-state index in [1.807, 2.05) is 31.2 Å². The van der Waals surface area contributed by atoms with Gasteiger partial charge in [-0.3, -0.25) is 4.79 Å². The van der Waals surface area contributed by atoms with E-state index in [4.69, 9.17) is 9.47 Å². The number of benzene rings is 1. The first kappa shape index (κ1) is 15.3. The van der Waals surface area contributed by atoms with E-state index in [1.165, 1.54) is 0 Å². The first-order chi connectivity index (χ1) is 9.65. The monoisotopic (exact) mass is 341 g/mol. The van der Waals surface area contributed by atoms with Gasteiger partial charge in [0.1, 0.15) is 11.9 Å². The van der Waals surface area contributed by atoms with Gasteiger partial charge in [0.05, 0.1) is 6.54 Å². The van der Waals surface area contributed by atoms with Gasteiger partial charge in [-0.1, -0.05) is 22.0 Å². The first-order valence-electron chi connectivity index (χ1n) is 6.93. The fraction of sp³-hybridized carbons (Fsp3) is 0.533. The molecule has 1 aliphatic heterocycles. The van der Waals surface area contributed by atoms with Crippen molar-refractivity contribution in [2.45, 2.75) is 25.9 Å². The van der Waals surface area contributed by atoms with E-state index >= 15 is 0 Å². The van der Waals surface area contributed by atoms with Gasteiger partial charge in [0.2, 0.25) is 5.91 Å². The average Bonchev–Trinajstić information content (AvgIpc) is 2.46. The Morgan fingerprint density at radius 3 is 2.95 bits per heavy atom. The van der Waals surface area contributed by atoms with Crippen molar-refractivity contribution in [2.24, 2.45) is 5.92 Å². The fourth-order valence-corrected chi connectivity index (χ4v) is 2.54. The van der Waals surface area contributed by atoms with Gasteiger partial charge >= 0.3 is 0 Å². The van der Waals surface area contributed by atoms with E-state index in [1.54, 1.807) is 0 Å². The summed E-state index contributed by atoms with van der Waals surface area (Å²) >= 11 is 3.40. The Morgan fingerprint density at radius 2 is 2.25 bits per heavy atom. The number of halogens is 1. The van der Waals surface area contributed by atoms with E-state index in [9.17, 15) is 4.79 Å². The highest BCUT2D eigenvalue weighted by molar-refractivity contribution is 9.10. The van der Waals surface area contributed by atoms with Crippen LogP contribution in [0.15, 0.2) is 28.7 Å². The molecule has 1 saturated heterocycles. The van der Waals surface area contributed by atoms with Gasteiger partial charge in [-0.15, -0.1) is 0 Å². The molecule has 20 heavy (non-hydrogen) atoms. The van der Waals surface area contributed by atoms with Crippen molar-refractivity contribution in [2.75, 3.05) is 19.8 Å². The molecule has 0 spiro atoms. The molecule has 1 aromatic rings. The van der Waals surface area contributed by atoms with Crippen molar-refractivity contribution in [3.8, 4) is 5.75 Å². The van der Waals surface area contributed by atoms with Crippen LogP contribution in [0.1, 0.15) is 19.8 Å². The van der Waals surface area contributed by atoms with Gasteiger partial charge in [0.25, 0.3) is 0 Å². The summed E-state index contributed by atoms with van der Waals surface area (Å²) in [5.41, 5.74) is 0. The average molecular weight is 342 g/mol. The molecule has 5 heteroatoms. The minimum Gasteiger partial charge on any atom is -0.489 e. The normalized spacial score (nSPS) is 17.5. The lowest BCUT2D eigenvalue weighted by molar-refractivity contribution is -0.128. The number of hydrogen-bond donors (Lipinski definition) is 1. The Kier molecular flexibility index (Phi) is 5.86. The van der Waals surface area contributed by atoms with E-state index in [-0.39, 0.29) is 17.9 Å². The van der Waals surface area contributed by atoms with Crippen molar-refractivity contribution in [3.63, 3.8) is 0 Å². The van der Waals surface area contributed by atoms with E-state index in [0.717, 1.165) is 23.1 Å². The second-order valence-electron chi connectivity index (χ2n) is 5.02. The van der Waals surface area contributed by atoms with Crippen molar-refractivity contribution in [3.05, 3.63) is 28.7 Å². The molecule has 1 amide bonds. The highest BCUT2D eigenvalue weighted by Gasteiger charge is 2.21. The van der Waals surface area contributed by atoms with Crippen LogP contribution in [0.2, 0.25) is 0 Å². The first-order valence-corrected chi connectivity index (χ1v) is 7.72. The lowest BCUT2D eigenvalue weighted by Gasteiger charge is -2.22. The van der Waals surface area contributed by atoms with Crippen LogP contribution in [0.3, 0.4) is 0 Å². The molecule has 1 heterocycles. The topological polar surface area (TPSA) is 47.6 Å². The maximum atomic E-state index is 12.0. The molecule has 1 fully saturated rings. The van der Waals surface area contributed by atoms with Gasteiger partial charge < -0.3 is 14.8 Å². The molecule has 0 bridgehead atoms. The summed E-state index contributed by atoms with van der Waals surface area (Å²) in [6.45, 7) is 3.83. The van der Waals surface area contributed by atoms with Crippen LogP contribution in [-0.4, -0.2) is 31.8 Å². The SMILES string of the molecule is CC(CNC(=O)C1CCOCC1)Oc1cccc(Br)c1. The quantitative estimate of drug-likeness (QED) is 0.895. The number of hydrogen-bond acceptors (Lipinski definition) is 3. The molecule has 1 atom stereocenters. The zero-order chi connectivity index (χ0) is 14.4. The van der Waals surface area contributed by atoms with Crippen LogP contribution in [0.4, 0.5) is 0 Å². The van der Waals surface area contributed by atoms with Gasteiger partial charge in [-0.05, 0) is 38.0 Å². The van der Waals surface area contributed by atoms with Crippen LogP contribution < -0.4 is 10.1 Å². The highest BCUT2D eigenvalue weighted by atomic mass is 79.9. The van der Waals surface area contributed by atoms with E-state index < -0.39 is 0 Å². The maximum absolute atomic E-state index is 12.0. The number of amides is 1. The molecule has 1 aliphatic rings. The molecule has 1 unspecified atom stereocenters. The van der Waals surface area contributed by atoms with Crippen LogP contribution in [0, 0.1) is 5.92 Å². The van der Waals surface area contributed by atoms with E-state index in [0.29, 0.717) is 19.8 Å². The Hall–Kier alpha value is -1.07. The summed E-state index contributed by atoms with van der Waals surface area (Å²) in [5, 5.41) is 2.96. The van der Waals surface area contributed by atoms with Crippen molar-refractivity contribution < 1.29 is 14.3 Å². The Morgan fingerprint density at radius 1 is 1.50 bits per heavy atom. The predicted octanol–water partition coefficient (Wildman–Crippen LogP) is 2.76. The number of rotatable bonds is 5. The van der Waals surface area contributed by atoms with E-state index in [2.05, 4.69) is 21.2 Å². The second kappa shape index (κ2) is 7.64. The standard InChI is InChI=1S/C15H20BrNO3/c1-11(20-14-4-2-3-13(16)9-14)10-17-15(18)12-5-7-19-8-6-12/h2-4,9,11-12H,5-8,10H2,1H3,(H,17,18). The number of nitrogens with one attached hydrogen (secondary N) is 1. The molecule has 1 aromatic carbocycles. The molecule has 0 aromatic heterocycles. The van der Waals surface area contributed by atoms with Crippen LogP contribution in [-0.2, 0) is 9.53 Å². The highest BCUT2D eigenvalue weighted by Crippen LogP contribution is 2.19. The molecule has 110 valence electrons. The fourth-order valence-electron chi connectivity index (χ4n) is 2.16. The predicted molar refractivity (Wildman–Crippen MR) is 80.8 cm³/mol. The summed E-state index contributed by atoms with van der Waals surface area (Å²) < 4.78 is 12.0. The van der Waals surface area contributed by atoms with Gasteiger partial charge in [-0.25, -0.2) is 0 Å². The third-order valence-electron chi connectivity index (χ3n) is 3.29. The third-order valence-corrected chi connectivity index (χ3v) is 3.78. The minimum absolute atomic E-state index is 0.0620. The Balaban J connectivity index is 1.74. The van der Waals surface area contributed by atoms with Gasteiger partial charge in [-0.2, -0.15) is 0 Å². The Labute approximate surface area is 128 Å². The lowest BCUT2D eigenvalue weighted by Crippen LogP contribution is -2.39. The molecular weight excluding hydrogens is 322 g/mol. The van der Waals surface area contributed by atoms with Crippen LogP contribution in [0.5, 0.6) is 5.75 Å². The van der Waals surface area contributed by atoms with Crippen molar-refractivity contribution in [1.82, 2.24) is 5.32 Å². The molecule has 0 aliphatic carbocycles. The number of carbonyl (C=O) groups is 1. The zero-order valence-electron chi connectivity index (χ0n) is 11.6. The largest absolute Gasteiger partial charge is 0.489 e. The minimum atomic E-state index is -0.0620. The molecule has 0 saturated carbocycles. The smallest absolute Gasteiger partial charge is 0.223 e. The van der Waals surface area contributed by atoms with Crippen molar-refractivity contribution in [1.29, 1.82) is 0 Å². The molecular formula is C15H20BrNO3. The third kappa shape index (κ3) is 4.80. The van der Waals surface area contributed by atoms with Crippen LogP contribution in [0.25, 0.3) is 0 Å². The Bertz CT molecular complexity index is 446. The molecule has 0 radical (unpaired) electrons. The van der Waals surface area contributed by atoms with Gasteiger partial charge in [0.15, 0.2) is 0 Å². The number of ether oxygens (including phenoxy) is 2. The summed E-state index contributed by atoms with van der Waals surface area (Å²) in [6.07, 6.45) is 1.56. The summed E-state index contributed by atoms with van der Waals surface area (Å²) in [6, 6.07) is 7.69. The molecule has 4 nitrogen and oxygen atoms in total. The zero-order valence-corrected chi connectivity index (χ0v) is 13.2. The summed E-state index contributed by atoms with van der Waals surface area (Å²) in [7, 11) is 0. The van der Waals surface area contributed by atoms with Crippen molar-refractivity contribution >= 4 is 21.8 Å². The second-order valence-corrected chi connectivity index (χ2v) is 5.93. The number of carbonyl (C=O) groups excluding carboxylic acids is 1. The lowest BCUT2D eigenvalue weighted by atomic mass is 9.99. The maximum Gasteiger partial charge on any atom is 0.223 e.